The molecule has 0 saturated carbocycles. The molecule has 0 spiro atoms. The number of hydrogen-bond acceptors (Lipinski definition) is 2. The third-order valence-electron chi connectivity index (χ3n) is 3.55. The number of amides is 1. The van der Waals surface area contributed by atoms with E-state index in [1.807, 2.05) is 32.5 Å². The molecule has 1 aliphatic carbocycles. The Hall–Kier alpha value is -1.32. The molecule has 4 heteroatoms. The minimum absolute atomic E-state index is 0.0812. The van der Waals surface area contributed by atoms with Crippen LogP contribution in [0.15, 0.2) is 0 Å². The summed E-state index contributed by atoms with van der Waals surface area (Å²) in [6, 6.07) is 0. The highest BCUT2D eigenvalue weighted by molar-refractivity contribution is 5.81. The first-order valence-corrected chi connectivity index (χ1v) is 6.71. The van der Waals surface area contributed by atoms with Gasteiger partial charge >= 0.3 is 0 Å². The molecule has 1 aliphatic rings. The lowest BCUT2D eigenvalue weighted by atomic mass is 9.94. The highest BCUT2D eigenvalue weighted by Gasteiger charge is 2.23. The summed E-state index contributed by atoms with van der Waals surface area (Å²) >= 11 is 0. The maximum Gasteiger partial charge on any atom is 0.225 e. The number of aryl methyl sites for hydroxylation is 1. The van der Waals surface area contributed by atoms with Crippen LogP contribution in [0.5, 0.6) is 0 Å². The highest BCUT2D eigenvalue weighted by Crippen LogP contribution is 2.24. The first-order valence-electron chi connectivity index (χ1n) is 6.71. The second kappa shape index (κ2) is 4.75. The normalized spacial score (nSPS) is 15.3. The van der Waals surface area contributed by atoms with Crippen LogP contribution in [-0.4, -0.2) is 15.7 Å². The van der Waals surface area contributed by atoms with E-state index in [-0.39, 0.29) is 11.3 Å². The summed E-state index contributed by atoms with van der Waals surface area (Å²) in [4.78, 5) is 11.9. The fourth-order valence-electron chi connectivity index (χ4n) is 2.43. The molecule has 0 unspecified atom stereocenters. The van der Waals surface area contributed by atoms with Crippen molar-refractivity contribution in [1.82, 2.24) is 15.1 Å². The van der Waals surface area contributed by atoms with Crippen LogP contribution in [0.3, 0.4) is 0 Å². The number of nitrogens with zero attached hydrogens (tertiary/aromatic N) is 2. The molecular weight excluding hydrogens is 226 g/mol. The van der Waals surface area contributed by atoms with E-state index in [1.54, 1.807) is 0 Å². The third kappa shape index (κ3) is 2.57. The summed E-state index contributed by atoms with van der Waals surface area (Å²) in [5.74, 6) is 0.0812. The molecule has 100 valence electrons. The lowest BCUT2D eigenvalue weighted by Gasteiger charge is -2.18. The molecule has 18 heavy (non-hydrogen) atoms. The maximum absolute atomic E-state index is 11.9. The summed E-state index contributed by atoms with van der Waals surface area (Å²) in [5, 5.41) is 7.54. The van der Waals surface area contributed by atoms with Gasteiger partial charge in [-0.3, -0.25) is 9.48 Å². The van der Waals surface area contributed by atoms with E-state index in [1.165, 1.54) is 24.1 Å². The van der Waals surface area contributed by atoms with Gasteiger partial charge in [0.15, 0.2) is 0 Å². The molecule has 0 fully saturated rings. The van der Waals surface area contributed by atoms with Gasteiger partial charge in [0.25, 0.3) is 0 Å². The molecule has 4 nitrogen and oxygen atoms in total. The van der Waals surface area contributed by atoms with Crippen LogP contribution in [0, 0.1) is 5.41 Å². The van der Waals surface area contributed by atoms with E-state index >= 15 is 0 Å². The maximum atomic E-state index is 11.9. The Morgan fingerprint density at radius 3 is 2.67 bits per heavy atom. The first-order chi connectivity index (χ1) is 8.39. The van der Waals surface area contributed by atoms with Crippen LogP contribution in [0.4, 0.5) is 0 Å². The molecule has 0 saturated heterocycles. The van der Waals surface area contributed by atoms with Crippen molar-refractivity contribution < 1.29 is 4.79 Å². The summed E-state index contributed by atoms with van der Waals surface area (Å²) < 4.78 is 1.98. The predicted octanol–water partition coefficient (Wildman–Crippen LogP) is 1.96. The van der Waals surface area contributed by atoms with E-state index in [0.717, 1.165) is 18.5 Å². The number of carbonyl (C=O) groups is 1. The van der Waals surface area contributed by atoms with Crippen molar-refractivity contribution in [3.05, 3.63) is 17.0 Å². The lowest BCUT2D eigenvalue weighted by molar-refractivity contribution is -0.128. The van der Waals surface area contributed by atoms with E-state index in [2.05, 4.69) is 10.4 Å². The number of fused-ring (bicyclic) bond motifs is 1. The average Bonchev–Trinajstić information content (AvgIpc) is 2.63. The zero-order valence-electron chi connectivity index (χ0n) is 11.8. The van der Waals surface area contributed by atoms with Crippen molar-refractivity contribution in [1.29, 1.82) is 0 Å². The quantitative estimate of drug-likeness (QED) is 0.871. The Morgan fingerprint density at radius 1 is 1.33 bits per heavy atom. The molecule has 0 atom stereocenters. The van der Waals surface area contributed by atoms with Crippen molar-refractivity contribution in [2.45, 2.75) is 53.0 Å². The van der Waals surface area contributed by atoms with E-state index in [4.69, 9.17) is 0 Å². The van der Waals surface area contributed by atoms with Gasteiger partial charge in [0.05, 0.1) is 12.2 Å². The Morgan fingerprint density at radius 2 is 2.00 bits per heavy atom. The van der Waals surface area contributed by atoms with E-state index in [0.29, 0.717) is 6.54 Å². The summed E-state index contributed by atoms with van der Waals surface area (Å²) in [6.07, 6.45) is 4.70. The van der Waals surface area contributed by atoms with Crippen LogP contribution in [0.25, 0.3) is 0 Å². The van der Waals surface area contributed by atoms with Crippen LogP contribution in [-0.2, 0) is 31.2 Å². The van der Waals surface area contributed by atoms with Gasteiger partial charge < -0.3 is 5.32 Å². The molecular formula is C14H23N3O. The van der Waals surface area contributed by atoms with Gasteiger partial charge in [0.2, 0.25) is 5.91 Å². The Bertz CT molecular complexity index is 454. The standard InChI is InChI=1S/C14H23N3O/c1-14(2,3)13(18)15-9-11-10-7-5-6-8-12(10)17(4)16-11/h5-9H2,1-4H3,(H,15,18). The third-order valence-corrected chi connectivity index (χ3v) is 3.55. The molecule has 1 aromatic rings. The largest absolute Gasteiger partial charge is 0.350 e. The van der Waals surface area contributed by atoms with Crippen molar-refractivity contribution in [2.75, 3.05) is 0 Å². The van der Waals surface area contributed by atoms with Gasteiger partial charge in [-0.05, 0) is 31.2 Å². The van der Waals surface area contributed by atoms with Gasteiger partial charge in [-0.25, -0.2) is 0 Å². The molecule has 1 aromatic heterocycles. The number of carbonyl (C=O) groups excluding carboxylic acids is 1. The second-order valence-electron chi connectivity index (χ2n) is 6.14. The molecule has 1 heterocycles. The predicted molar refractivity (Wildman–Crippen MR) is 71.2 cm³/mol. The Kier molecular flexibility index (Phi) is 3.46. The summed E-state index contributed by atoms with van der Waals surface area (Å²) in [7, 11) is 2.00. The first kappa shape index (κ1) is 13.1. The van der Waals surface area contributed by atoms with Gasteiger partial charge in [0.1, 0.15) is 0 Å². The van der Waals surface area contributed by atoms with Gasteiger partial charge in [-0.15, -0.1) is 0 Å². The number of rotatable bonds is 2. The van der Waals surface area contributed by atoms with Gasteiger partial charge in [-0.1, -0.05) is 20.8 Å². The minimum atomic E-state index is -0.338. The summed E-state index contributed by atoms with van der Waals surface area (Å²) in [6.45, 7) is 6.34. The van der Waals surface area contributed by atoms with Crippen molar-refractivity contribution >= 4 is 5.91 Å². The van der Waals surface area contributed by atoms with Crippen LogP contribution >= 0.6 is 0 Å². The van der Waals surface area contributed by atoms with Crippen LogP contribution in [0.2, 0.25) is 0 Å². The zero-order chi connectivity index (χ0) is 13.3. The molecule has 2 rings (SSSR count). The van der Waals surface area contributed by atoms with E-state index in [9.17, 15) is 4.79 Å². The zero-order valence-corrected chi connectivity index (χ0v) is 11.8. The molecule has 1 N–H and O–H groups in total. The van der Waals surface area contributed by atoms with Crippen molar-refractivity contribution in [3.8, 4) is 0 Å². The van der Waals surface area contributed by atoms with Gasteiger partial charge in [0, 0.05) is 18.2 Å². The molecule has 0 radical (unpaired) electrons. The molecule has 0 aromatic carbocycles. The molecule has 0 bridgehead atoms. The van der Waals surface area contributed by atoms with Crippen LogP contribution < -0.4 is 5.32 Å². The van der Waals surface area contributed by atoms with Crippen molar-refractivity contribution in [2.24, 2.45) is 12.5 Å². The Balaban J connectivity index is 2.09. The Labute approximate surface area is 109 Å². The SMILES string of the molecule is Cn1nc(CNC(=O)C(C)(C)C)c2c1CCCC2. The van der Waals surface area contributed by atoms with E-state index < -0.39 is 0 Å². The van der Waals surface area contributed by atoms with Crippen molar-refractivity contribution in [3.63, 3.8) is 0 Å². The molecule has 1 amide bonds. The highest BCUT2D eigenvalue weighted by atomic mass is 16.2. The molecule has 0 aliphatic heterocycles. The fourth-order valence-corrected chi connectivity index (χ4v) is 2.43. The van der Waals surface area contributed by atoms with Gasteiger partial charge in [-0.2, -0.15) is 5.10 Å². The number of hydrogen-bond donors (Lipinski definition) is 1. The number of nitrogens with one attached hydrogen (secondary N) is 1. The van der Waals surface area contributed by atoms with Crippen LogP contribution in [0.1, 0.15) is 50.6 Å². The second-order valence-corrected chi connectivity index (χ2v) is 6.14. The monoisotopic (exact) mass is 249 g/mol. The topological polar surface area (TPSA) is 46.9 Å². The summed E-state index contributed by atoms with van der Waals surface area (Å²) in [5.41, 5.74) is 3.42. The minimum Gasteiger partial charge on any atom is -0.350 e. The smallest absolute Gasteiger partial charge is 0.225 e. The fraction of sp³-hybridized carbons (Fsp3) is 0.714. The average molecular weight is 249 g/mol. The lowest BCUT2D eigenvalue weighted by Crippen LogP contribution is -2.34. The number of aromatic nitrogens is 2.